The minimum absolute atomic E-state index is 0.0338. The Morgan fingerprint density at radius 2 is 2.06 bits per heavy atom. The predicted molar refractivity (Wildman–Crippen MR) is 69.2 cm³/mol. The number of nitrogens with zero attached hydrogens (tertiary/aromatic N) is 2. The lowest BCUT2D eigenvalue weighted by Crippen LogP contribution is -2.32. The minimum Gasteiger partial charge on any atom is -0.484 e. The molecule has 96 valence electrons. The van der Waals surface area contributed by atoms with Crippen LogP contribution in [0.4, 0.5) is 0 Å². The largest absolute Gasteiger partial charge is 0.484 e. The SMILES string of the molecule is CCCCN(C)C(=O)COc1ccc(C#N)cc1. The van der Waals surface area contributed by atoms with E-state index in [4.69, 9.17) is 10.00 Å². The van der Waals surface area contributed by atoms with Gasteiger partial charge >= 0.3 is 0 Å². The Morgan fingerprint density at radius 3 is 2.61 bits per heavy atom. The molecule has 0 aliphatic heterocycles. The number of carbonyl (C=O) groups excluding carboxylic acids is 1. The van der Waals surface area contributed by atoms with Gasteiger partial charge in [-0.2, -0.15) is 5.26 Å². The average molecular weight is 246 g/mol. The van der Waals surface area contributed by atoms with E-state index in [0.29, 0.717) is 11.3 Å². The van der Waals surface area contributed by atoms with Gasteiger partial charge in [0.1, 0.15) is 5.75 Å². The van der Waals surface area contributed by atoms with Crippen LogP contribution in [0.25, 0.3) is 0 Å². The first-order chi connectivity index (χ1) is 8.67. The van der Waals surface area contributed by atoms with Crippen LogP contribution in [-0.2, 0) is 4.79 Å². The summed E-state index contributed by atoms with van der Waals surface area (Å²) in [4.78, 5) is 13.4. The van der Waals surface area contributed by atoms with Crippen LogP contribution >= 0.6 is 0 Å². The monoisotopic (exact) mass is 246 g/mol. The quantitative estimate of drug-likeness (QED) is 0.773. The van der Waals surface area contributed by atoms with Crippen molar-refractivity contribution in [1.82, 2.24) is 4.90 Å². The highest BCUT2D eigenvalue weighted by molar-refractivity contribution is 5.77. The molecule has 0 saturated heterocycles. The highest BCUT2D eigenvalue weighted by atomic mass is 16.5. The first kappa shape index (κ1) is 14.0. The number of likely N-dealkylation sites (N-methyl/N-ethyl adjacent to an activating group) is 1. The van der Waals surface area contributed by atoms with E-state index >= 15 is 0 Å². The summed E-state index contributed by atoms with van der Waals surface area (Å²) in [5, 5.41) is 8.65. The Morgan fingerprint density at radius 1 is 1.39 bits per heavy atom. The molecule has 0 aliphatic rings. The molecule has 1 amide bonds. The van der Waals surface area contributed by atoms with E-state index < -0.39 is 0 Å². The predicted octanol–water partition coefficient (Wildman–Crippen LogP) is 2.20. The van der Waals surface area contributed by atoms with Crippen LogP contribution in [0.3, 0.4) is 0 Å². The fraction of sp³-hybridized carbons (Fsp3) is 0.429. The van der Waals surface area contributed by atoms with Crippen LogP contribution in [0.2, 0.25) is 0 Å². The van der Waals surface area contributed by atoms with Gasteiger partial charge in [0.25, 0.3) is 5.91 Å². The zero-order valence-electron chi connectivity index (χ0n) is 10.8. The summed E-state index contributed by atoms with van der Waals surface area (Å²) in [6.07, 6.45) is 2.06. The Balaban J connectivity index is 2.39. The number of hydrogen-bond acceptors (Lipinski definition) is 3. The highest BCUT2D eigenvalue weighted by Gasteiger charge is 2.08. The van der Waals surface area contributed by atoms with Gasteiger partial charge in [-0.25, -0.2) is 0 Å². The summed E-state index contributed by atoms with van der Waals surface area (Å²) >= 11 is 0. The Labute approximate surface area is 108 Å². The lowest BCUT2D eigenvalue weighted by Gasteiger charge is -2.16. The van der Waals surface area contributed by atoms with Crippen molar-refractivity contribution < 1.29 is 9.53 Å². The molecule has 18 heavy (non-hydrogen) atoms. The Kier molecular flexibility index (Phi) is 5.72. The normalized spacial score (nSPS) is 9.61. The maximum Gasteiger partial charge on any atom is 0.260 e. The molecule has 0 bridgehead atoms. The number of hydrogen-bond donors (Lipinski definition) is 0. The van der Waals surface area contributed by atoms with Gasteiger partial charge in [-0.1, -0.05) is 13.3 Å². The number of rotatable bonds is 6. The van der Waals surface area contributed by atoms with E-state index in [1.807, 2.05) is 6.07 Å². The lowest BCUT2D eigenvalue weighted by atomic mass is 10.2. The summed E-state index contributed by atoms with van der Waals surface area (Å²) < 4.78 is 5.37. The van der Waals surface area contributed by atoms with Gasteiger partial charge in [0.2, 0.25) is 0 Å². The number of carbonyl (C=O) groups is 1. The molecule has 0 aliphatic carbocycles. The molecular formula is C14H18N2O2. The standard InChI is InChI=1S/C14H18N2O2/c1-3-4-9-16(2)14(17)11-18-13-7-5-12(10-15)6-8-13/h5-8H,3-4,9,11H2,1-2H3. The van der Waals surface area contributed by atoms with Crippen LogP contribution in [-0.4, -0.2) is 31.0 Å². The summed E-state index contributed by atoms with van der Waals surface area (Å²) in [6.45, 7) is 2.88. The van der Waals surface area contributed by atoms with Gasteiger partial charge in [0.15, 0.2) is 6.61 Å². The van der Waals surface area contributed by atoms with Crippen molar-refractivity contribution in [1.29, 1.82) is 5.26 Å². The molecule has 0 spiro atoms. The Bertz CT molecular complexity index is 420. The van der Waals surface area contributed by atoms with Crippen LogP contribution in [0.5, 0.6) is 5.75 Å². The summed E-state index contributed by atoms with van der Waals surface area (Å²) in [6, 6.07) is 8.75. The zero-order valence-corrected chi connectivity index (χ0v) is 10.8. The first-order valence-corrected chi connectivity index (χ1v) is 6.04. The van der Waals surface area contributed by atoms with Crippen molar-refractivity contribution >= 4 is 5.91 Å². The van der Waals surface area contributed by atoms with E-state index in [1.165, 1.54) is 0 Å². The van der Waals surface area contributed by atoms with Crippen LogP contribution in [0, 0.1) is 11.3 Å². The Hall–Kier alpha value is -2.02. The van der Waals surface area contributed by atoms with Crippen molar-refractivity contribution in [3.05, 3.63) is 29.8 Å². The van der Waals surface area contributed by atoms with Gasteiger partial charge in [0.05, 0.1) is 11.6 Å². The number of benzene rings is 1. The molecule has 1 aromatic carbocycles. The third-order valence-electron chi connectivity index (χ3n) is 2.62. The third kappa shape index (κ3) is 4.46. The molecule has 0 unspecified atom stereocenters. The van der Waals surface area contributed by atoms with Crippen LogP contribution in [0.1, 0.15) is 25.3 Å². The lowest BCUT2D eigenvalue weighted by molar-refractivity contribution is -0.132. The van der Waals surface area contributed by atoms with Crippen molar-refractivity contribution in [3.63, 3.8) is 0 Å². The highest BCUT2D eigenvalue weighted by Crippen LogP contribution is 2.11. The fourth-order valence-electron chi connectivity index (χ4n) is 1.40. The second-order valence-corrected chi connectivity index (χ2v) is 4.09. The van der Waals surface area contributed by atoms with E-state index in [1.54, 1.807) is 36.2 Å². The molecule has 0 fully saturated rings. The molecule has 0 saturated carbocycles. The zero-order chi connectivity index (χ0) is 13.4. The number of nitriles is 1. The van der Waals surface area contributed by atoms with Gasteiger partial charge in [0, 0.05) is 13.6 Å². The van der Waals surface area contributed by atoms with Crippen molar-refractivity contribution in [2.45, 2.75) is 19.8 Å². The smallest absolute Gasteiger partial charge is 0.260 e. The van der Waals surface area contributed by atoms with E-state index in [0.717, 1.165) is 19.4 Å². The molecular weight excluding hydrogens is 228 g/mol. The molecule has 0 heterocycles. The fourth-order valence-corrected chi connectivity index (χ4v) is 1.40. The van der Waals surface area contributed by atoms with Crippen molar-refractivity contribution in [3.8, 4) is 11.8 Å². The summed E-state index contributed by atoms with van der Waals surface area (Å²) in [5.41, 5.74) is 0.578. The minimum atomic E-state index is -0.0344. The molecule has 0 aromatic heterocycles. The van der Waals surface area contributed by atoms with Gasteiger partial charge in [-0.15, -0.1) is 0 Å². The van der Waals surface area contributed by atoms with Crippen molar-refractivity contribution in [2.75, 3.05) is 20.2 Å². The number of amides is 1. The topological polar surface area (TPSA) is 53.3 Å². The van der Waals surface area contributed by atoms with Gasteiger partial charge < -0.3 is 9.64 Å². The molecule has 1 aromatic rings. The molecule has 1 rings (SSSR count). The molecule has 0 atom stereocenters. The van der Waals surface area contributed by atoms with E-state index in [-0.39, 0.29) is 12.5 Å². The van der Waals surface area contributed by atoms with Gasteiger partial charge in [-0.3, -0.25) is 4.79 Å². The van der Waals surface area contributed by atoms with Crippen LogP contribution < -0.4 is 4.74 Å². The maximum absolute atomic E-state index is 11.7. The second-order valence-electron chi connectivity index (χ2n) is 4.09. The summed E-state index contributed by atoms with van der Waals surface area (Å²) in [7, 11) is 1.78. The number of ether oxygens (including phenoxy) is 1. The first-order valence-electron chi connectivity index (χ1n) is 6.04. The van der Waals surface area contributed by atoms with Gasteiger partial charge in [-0.05, 0) is 30.7 Å². The molecule has 0 radical (unpaired) electrons. The number of unbranched alkanes of at least 4 members (excludes halogenated alkanes) is 1. The van der Waals surface area contributed by atoms with E-state index in [9.17, 15) is 4.79 Å². The van der Waals surface area contributed by atoms with E-state index in [2.05, 4.69) is 6.92 Å². The van der Waals surface area contributed by atoms with Crippen molar-refractivity contribution in [2.24, 2.45) is 0 Å². The maximum atomic E-state index is 11.7. The van der Waals surface area contributed by atoms with Crippen LogP contribution in [0.15, 0.2) is 24.3 Å². The molecule has 4 nitrogen and oxygen atoms in total. The second kappa shape index (κ2) is 7.33. The summed E-state index contributed by atoms with van der Waals surface area (Å²) in [5.74, 6) is 0.569. The molecule has 4 heteroatoms. The average Bonchev–Trinajstić information content (AvgIpc) is 2.42. The molecule has 0 N–H and O–H groups in total. The third-order valence-corrected chi connectivity index (χ3v) is 2.62.